The molecule has 2 N–H and O–H groups in total. The Morgan fingerprint density at radius 2 is 2.28 bits per heavy atom. The van der Waals surface area contributed by atoms with Crippen LogP contribution in [0.5, 0.6) is 5.75 Å². The molecule has 0 saturated carbocycles. The topological polar surface area (TPSA) is 50.4 Å². The van der Waals surface area contributed by atoms with Gasteiger partial charge in [-0.05, 0) is 37.6 Å². The van der Waals surface area contributed by atoms with Crippen molar-refractivity contribution < 1.29 is 9.53 Å². The first-order chi connectivity index (χ1) is 8.70. The molecule has 98 valence electrons. The van der Waals surface area contributed by atoms with Crippen molar-refractivity contribution in [3.63, 3.8) is 0 Å². The predicted molar refractivity (Wildman–Crippen MR) is 75.6 cm³/mol. The number of fused-ring (bicyclic) bond motifs is 1. The molecular weight excluding hydrogens is 248 g/mol. The first kappa shape index (κ1) is 13.2. The highest BCUT2D eigenvalue weighted by Crippen LogP contribution is 2.30. The number of hydrogen-bond acceptors (Lipinski definition) is 4. The van der Waals surface area contributed by atoms with Gasteiger partial charge >= 0.3 is 0 Å². The minimum absolute atomic E-state index is 0.0900. The maximum absolute atomic E-state index is 11.5. The van der Waals surface area contributed by atoms with Gasteiger partial charge in [-0.25, -0.2) is 0 Å². The lowest BCUT2D eigenvalue weighted by Gasteiger charge is -2.23. The SMILES string of the molecule is CC1Oc2ccc(CCNCCS)cc2NC1=O. The van der Waals surface area contributed by atoms with Crippen LogP contribution in [0.3, 0.4) is 0 Å². The van der Waals surface area contributed by atoms with Crippen LogP contribution in [0.4, 0.5) is 5.69 Å². The summed E-state index contributed by atoms with van der Waals surface area (Å²) in [4.78, 5) is 11.5. The Hall–Kier alpha value is -1.20. The van der Waals surface area contributed by atoms with E-state index in [1.807, 2.05) is 18.2 Å². The van der Waals surface area contributed by atoms with E-state index in [-0.39, 0.29) is 5.91 Å². The van der Waals surface area contributed by atoms with Crippen molar-refractivity contribution in [3.05, 3.63) is 23.8 Å². The van der Waals surface area contributed by atoms with Crippen LogP contribution in [0.15, 0.2) is 18.2 Å². The number of ether oxygens (including phenoxy) is 1. The van der Waals surface area contributed by atoms with Crippen LogP contribution < -0.4 is 15.4 Å². The second-order valence-corrected chi connectivity index (χ2v) is 4.75. The Labute approximate surface area is 113 Å². The van der Waals surface area contributed by atoms with Crippen molar-refractivity contribution >= 4 is 24.2 Å². The molecule has 1 aliphatic rings. The van der Waals surface area contributed by atoms with Gasteiger partial charge in [0.25, 0.3) is 5.91 Å². The summed E-state index contributed by atoms with van der Waals surface area (Å²) in [6, 6.07) is 5.92. The fourth-order valence-corrected chi connectivity index (χ4v) is 2.01. The molecule has 1 heterocycles. The smallest absolute Gasteiger partial charge is 0.265 e. The van der Waals surface area contributed by atoms with Gasteiger partial charge in [0.05, 0.1) is 5.69 Å². The number of carbonyl (C=O) groups is 1. The van der Waals surface area contributed by atoms with Gasteiger partial charge in [-0.2, -0.15) is 12.6 Å². The first-order valence-corrected chi connectivity index (χ1v) is 6.76. The van der Waals surface area contributed by atoms with Crippen molar-refractivity contribution in [1.29, 1.82) is 0 Å². The summed E-state index contributed by atoms with van der Waals surface area (Å²) in [5, 5.41) is 6.14. The van der Waals surface area contributed by atoms with Crippen molar-refractivity contribution in [2.24, 2.45) is 0 Å². The third-order valence-corrected chi connectivity index (χ3v) is 3.08. The van der Waals surface area contributed by atoms with Crippen molar-refractivity contribution in [2.45, 2.75) is 19.4 Å². The predicted octanol–water partition coefficient (Wildman–Crippen LogP) is 1.47. The minimum atomic E-state index is -0.416. The van der Waals surface area contributed by atoms with Crippen LogP contribution in [-0.4, -0.2) is 30.9 Å². The average molecular weight is 266 g/mol. The van der Waals surface area contributed by atoms with Crippen molar-refractivity contribution in [3.8, 4) is 5.75 Å². The van der Waals surface area contributed by atoms with Crippen LogP contribution in [0, 0.1) is 0 Å². The van der Waals surface area contributed by atoms with Gasteiger partial charge in [-0.15, -0.1) is 0 Å². The Bertz CT molecular complexity index is 437. The zero-order valence-electron chi connectivity index (χ0n) is 10.4. The Kier molecular flexibility index (Phi) is 4.49. The number of nitrogens with one attached hydrogen (secondary N) is 2. The van der Waals surface area contributed by atoms with E-state index in [1.165, 1.54) is 5.56 Å². The number of anilines is 1. The maximum Gasteiger partial charge on any atom is 0.265 e. The molecule has 1 aromatic carbocycles. The standard InChI is InChI=1S/C13H18N2O2S/c1-9-13(16)15-11-8-10(2-3-12(11)17-9)4-5-14-6-7-18/h2-3,8-9,14,18H,4-7H2,1H3,(H,15,16). The molecule has 0 spiro atoms. The van der Waals surface area contributed by atoms with E-state index in [2.05, 4.69) is 23.3 Å². The van der Waals surface area contributed by atoms with E-state index in [9.17, 15) is 4.79 Å². The second-order valence-electron chi connectivity index (χ2n) is 4.30. The van der Waals surface area contributed by atoms with Gasteiger partial charge in [0.2, 0.25) is 0 Å². The third-order valence-electron chi connectivity index (χ3n) is 2.85. The van der Waals surface area contributed by atoms with Crippen molar-refractivity contribution in [1.82, 2.24) is 5.32 Å². The van der Waals surface area contributed by atoms with Crippen LogP contribution >= 0.6 is 12.6 Å². The summed E-state index contributed by atoms with van der Waals surface area (Å²) in [6.07, 6.45) is 0.507. The van der Waals surface area contributed by atoms with E-state index < -0.39 is 6.10 Å². The summed E-state index contributed by atoms with van der Waals surface area (Å²) < 4.78 is 5.50. The average Bonchev–Trinajstić information content (AvgIpc) is 2.36. The van der Waals surface area contributed by atoms with E-state index in [0.29, 0.717) is 0 Å². The molecular formula is C13H18N2O2S. The molecule has 0 saturated heterocycles. The molecule has 0 fully saturated rings. The second kappa shape index (κ2) is 6.11. The number of amides is 1. The lowest BCUT2D eigenvalue weighted by molar-refractivity contribution is -0.122. The molecule has 0 aliphatic carbocycles. The molecule has 5 heteroatoms. The number of hydrogen-bond donors (Lipinski definition) is 3. The van der Waals surface area contributed by atoms with Gasteiger partial charge < -0.3 is 15.4 Å². The fraction of sp³-hybridized carbons (Fsp3) is 0.462. The van der Waals surface area contributed by atoms with Gasteiger partial charge in [-0.3, -0.25) is 4.79 Å². The zero-order chi connectivity index (χ0) is 13.0. The molecule has 0 radical (unpaired) electrons. The van der Waals surface area contributed by atoms with Gasteiger partial charge in [0, 0.05) is 12.3 Å². The largest absolute Gasteiger partial charge is 0.479 e. The highest BCUT2D eigenvalue weighted by Gasteiger charge is 2.23. The molecule has 0 bridgehead atoms. The monoisotopic (exact) mass is 266 g/mol. The van der Waals surface area contributed by atoms with Gasteiger partial charge in [0.15, 0.2) is 6.10 Å². The van der Waals surface area contributed by atoms with E-state index in [1.54, 1.807) is 6.92 Å². The molecule has 1 amide bonds. The summed E-state index contributed by atoms with van der Waals surface area (Å²) >= 11 is 4.14. The number of carbonyl (C=O) groups excluding carboxylic acids is 1. The lowest BCUT2D eigenvalue weighted by atomic mass is 10.1. The highest BCUT2D eigenvalue weighted by atomic mass is 32.1. The Balaban J connectivity index is 1.99. The molecule has 4 nitrogen and oxygen atoms in total. The third kappa shape index (κ3) is 3.17. The Morgan fingerprint density at radius 3 is 3.06 bits per heavy atom. The molecule has 1 unspecified atom stereocenters. The summed E-state index contributed by atoms with van der Waals surface area (Å²) in [5.41, 5.74) is 1.95. The molecule has 0 aromatic heterocycles. The lowest BCUT2D eigenvalue weighted by Crippen LogP contribution is -2.34. The maximum atomic E-state index is 11.5. The summed E-state index contributed by atoms with van der Waals surface area (Å²) in [5.74, 6) is 1.49. The highest BCUT2D eigenvalue weighted by molar-refractivity contribution is 7.80. The van der Waals surface area contributed by atoms with Crippen LogP contribution in [-0.2, 0) is 11.2 Å². The van der Waals surface area contributed by atoms with Gasteiger partial charge in [-0.1, -0.05) is 6.07 Å². The molecule has 1 atom stereocenters. The Morgan fingerprint density at radius 1 is 1.44 bits per heavy atom. The first-order valence-electron chi connectivity index (χ1n) is 6.12. The summed E-state index contributed by atoms with van der Waals surface area (Å²) in [7, 11) is 0. The van der Waals surface area contributed by atoms with Crippen LogP contribution in [0.1, 0.15) is 12.5 Å². The fourth-order valence-electron chi connectivity index (χ4n) is 1.85. The quantitative estimate of drug-likeness (QED) is 0.559. The number of rotatable bonds is 5. The molecule has 1 aliphatic heterocycles. The normalized spacial score (nSPS) is 17.9. The summed E-state index contributed by atoms with van der Waals surface area (Å²) in [6.45, 7) is 3.56. The zero-order valence-corrected chi connectivity index (χ0v) is 11.3. The molecule has 18 heavy (non-hydrogen) atoms. The van der Waals surface area contributed by atoms with Gasteiger partial charge in [0.1, 0.15) is 5.75 Å². The minimum Gasteiger partial charge on any atom is -0.479 e. The molecule has 1 aromatic rings. The number of benzene rings is 1. The molecule has 2 rings (SSSR count). The van der Waals surface area contributed by atoms with E-state index >= 15 is 0 Å². The van der Waals surface area contributed by atoms with Crippen LogP contribution in [0.2, 0.25) is 0 Å². The van der Waals surface area contributed by atoms with Crippen molar-refractivity contribution in [2.75, 3.05) is 24.2 Å². The number of thiol groups is 1. The van der Waals surface area contributed by atoms with Crippen LogP contribution in [0.25, 0.3) is 0 Å². The van der Waals surface area contributed by atoms with E-state index in [0.717, 1.165) is 36.7 Å². The van der Waals surface area contributed by atoms with E-state index in [4.69, 9.17) is 4.74 Å².